The molecule has 0 aromatic carbocycles. The number of aryl methyl sites for hydroxylation is 1. The summed E-state index contributed by atoms with van der Waals surface area (Å²) in [5.41, 5.74) is 0. The van der Waals surface area contributed by atoms with Crippen molar-refractivity contribution in [2.45, 2.75) is 25.3 Å². The van der Waals surface area contributed by atoms with Crippen molar-refractivity contribution >= 4 is 27.1 Å². The van der Waals surface area contributed by atoms with Crippen molar-refractivity contribution in [1.82, 2.24) is 9.88 Å². The Labute approximate surface area is 111 Å². The number of carbonyl (C=O) groups is 1. The molecule has 0 saturated carbocycles. The van der Waals surface area contributed by atoms with E-state index in [1.54, 1.807) is 18.1 Å². The number of rotatable bonds is 4. The first-order valence-corrected chi connectivity index (χ1v) is 8.52. The fraction of sp³-hybridized carbons (Fsp3) is 0.636. The summed E-state index contributed by atoms with van der Waals surface area (Å²) in [4.78, 5) is 17.6. The van der Waals surface area contributed by atoms with Gasteiger partial charge in [-0.3, -0.25) is 4.79 Å². The van der Waals surface area contributed by atoms with Gasteiger partial charge in [0.1, 0.15) is 0 Å². The summed E-state index contributed by atoms with van der Waals surface area (Å²) in [6.45, 7) is 0. The quantitative estimate of drug-likeness (QED) is 0.819. The third kappa shape index (κ3) is 3.29. The molecule has 7 heteroatoms. The lowest BCUT2D eigenvalue weighted by molar-refractivity contribution is -0.131. The summed E-state index contributed by atoms with van der Waals surface area (Å²) in [6, 6.07) is -0.154. The van der Waals surface area contributed by atoms with E-state index in [9.17, 15) is 13.2 Å². The molecule has 0 spiro atoms. The summed E-state index contributed by atoms with van der Waals surface area (Å²) < 4.78 is 22.7. The van der Waals surface area contributed by atoms with E-state index in [1.165, 1.54) is 11.3 Å². The largest absolute Gasteiger partial charge is 0.342 e. The van der Waals surface area contributed by atoms with Crippen LogP contribution in [0.4, 0.5) is 0 Å². The Morgan fingerprint density at radius 3 is 2.94 bits per heavy atom. The number of nitrogens with zero attached hydrogens (tertiary/aromatic N) is 2. The van der Waals surface area contributed by atoms with Crippen LogP contribution in [0, 0.1) is 0 Å². The average molecular weight is 288 g/mol. The van der Waals surface area contributed by atoms with Crippen LogP contribution >= 0.6 is 11.3 Å². The molecule has 18 heavy (non-hydrogen) atoms. The smallest absolute Gasteiger partial charge is 0.223 e. The van der Waals surface area contributed by atoms with Gasteiger partial charge >= 0.3 is 0 Å². The van der Waals surface area contributed by atoms with Crippen molar-refractivity contribution in [2.24, 2.45) is 0 Å². The van der Waals surface area contributed by atoms with Gasteiger partial charge in [-0.1, -0.05) is 0 Å². The van der Waals surface area contributed by atoms with E-state index >= 15 is 0 Å². The lowest BCUT2D eigenvalue weighted by Crippen LogP contribution is -2.37. The number of sulfone groups is 1. The van der Waals surface area contributed by atoms with E-state index in [2.05, 4.69) is 4.98 Å². The summed E-state index contributed by atoms with van der Waals surface area (Å²) in [6.07, 6.45) is 3.29. The van der Waals surface area contributed by atoms with Crippen molar-refractivity contribution in [3.05, 3.63) is 16.6 Å². The molecule has 1 unspecified atom stereocenters. The molecular formula is C11H16N2O3S2. The molecule has 1 saturated heterocycles. The van der Waals surface area contributed by atoms with Gasteiger partial charge in [0, 0.05) is 37.5 Å². The first kappa shape index (κ1) is 13.5. The van der Waals surface area contributed by atoms with Crippen LogP contribution in [-0.4, -0.2) is 48.8 Å². The van der Waals surface area contributed by atoms with Gasteiger partial charge < -0.3 is 4.90 Å². The van der Waals surface area contributed by atoms with Crippen LogP contribution in [0.2, 0.25) is 0 Å². The second-order valence-corrected chi connectivity index (χ2v) is 7.70. The highest BCUT2D eigenvalue weighted by Gasteiger charge is 2.32. The molecule has 1 amide bonds. The Bertz CT molecular complexity index is 510. The molecule has 1 aliphatic rings. The van der Waals surface area contributed by atoms with Gasteiger partial charge in [-0.25, -0.2) is 13.4 Å². The van der Waals surface area contributed by atoms with Gasteiger partial charge in [0.2, 0.25) is 5.91 Å². The molecule has 0 N–H and O–H groups in total. The Balaban J connectivity index is 1.85. The summed E-state index contributed by atoms with van der Waals surface area (Å²) in [7, 11) is -1.25. The normalized spacial score (nSPS) is 21.9. The molecule has 0 aliphatic carbocycles. The zero-order chi connectivity index (χ0) is 13.2. The van der Waals surface area contributed by atoms with E-state index in [0.29, 0.717) is 19.3 Å². The Morgan fingerprint density at radius 1 is 1.61 bits per heavy atom. The maximum absolute atomic E-state index is 11.9. The van der Waals surface area contributed by atoms with E-state index in [0.717, 1.165) is 5.01 Å². The van der Waals surface area contributed by atoms with Gasteiger partial charge in [0.05, 0.1) is 16.5 Å². The Hall–Kier alpha value is -0.950. The first-order chi connectivity index (χ1) is 8.48. The van der Waals surface area contributed by atoms with E-state index in [4.69, 9.17) is 0 Å². The van der Waals surface area contributed by atoms with Gasteiger partial charge in [-0.05, 0) is 6.42 Å². The fourth-order valence-corrected chi connectivity index (χ4v) is 4.45. The lowest BCUT2D eigenvalue weighted by Gasteiger charge is -2.23. The van der Waals surface area contributed by atoms with Crippen LogP contribution < -0.4 is 0 Å². The molecular weight excluding hydrogens is 272 g/mol. The van der Waals surface area contributed by atoms with Crippen molar-refractivity contribution in [2.75, 3.05) is 18.6 Å². The highest BCUT2D eigenvalue weighted by atomic mass is 32.2. The van der Waals surface area contributed by atoms with Crippen LogP contribution in [0.3, 0.4) is 0 Å². The summed E-state index contributed by atoms with van der Waals surface area (Å²) >= 11 is 1.53. The molecule has 100 valence electrons. The van der Waals surface area contributed by atoms with Gasteiger partial charge in [0.15, 0.2) is 9.84 Å². The minimum Gasteiger partial charge on any atom is -0.342 e. The summed E-state index contributed by atoms with van der Waals surface area (Å²) in [5.74, 6) is 0.293. The predicted molar refractivity (Wildman–Crippen MR) is 70.3 cm³/mol. The second-order valence-electron chi connectivity index (χ2n) is 4.49. The van der Waals surface area contributed by atoms with Crippen molar-refractivity contribution in [3.8, 4) is 0 Å². The number of aromatic nitrogens is 1. The zero-order valence-electron chi connectivity index (χ0n) is 10.2. The molecule has 1 aromatic rings. The highest BCUT2D eigenvalue weighted by Crippen LogP contribution is 2.17. The molecule has 1 aromatic heterocycles. The fourth-order valence-electron chi connectivity index (χ4n) is 2.05. The molecule has 1 atom stereocenters. The second kappa shape index (κ2) is 5.36. The molecule has 1 fully saturated rings. The number of thiazole rings is 1. The van der Waals surface area contributed by atoms with Crippen molar-refractivity contribution in [1.29, 1.82) is 0 Å². The van der Waals surface area contributed by atoms with Crippen LogP contribution in [0.25, 0.3) is 0 Å². The number of carbonyl (C=O) groups excluding carboxylic acids is 1. The number of hydrogen-bond donors (Lipinski definition) is 0. The van der Waals surface area contributed by atoms with E-state index in [-0.39, 0.29) is 23.5 Å². The minimum absolute atomic E-state index is 0.00713. The standard InChI is InChI=1S/C11H16N2O3S2/c1-13(9-4-7-18(15,16)8-9)11(14)3-2-10-12-5-6-17-10/h5-6,9H,2-4,7-8H2,1H3. The maximum Gasteiger partial charge on any atom is 0.223 e. The summed E-state index contributed by atoms with van der Waals surface area (Å²) in [5, 5.41) is 2.82. The van der Waals surface area contributed by atoms with Crippen molar-refractivity contribution in [3.63, 3.8) is 0 Å². The molecule has 2 heterocycles. The van der Waals surface area contributed by atoms with Crippen LogP contribution in [-0.2, 0) is 21.1 Å². The average Bonchev–Trinajstić information content (AvgIpc) is 2.94. The highest BCUT2D eigenvalue weighted by molar-refractivity contribution is 7.91. The zero-order valence-corrected chi connectivity index (χ0v) is 11.8. The lowest BCUT2D eigenvalue weighted by atomic mass is 10.2. The third-order valence-electron chi connectivity index (χ3n) is 3.19. The van der Waals surface area contributed by atoms with Gasteiger partial charge in [-0.2, -0.15) is 0 Å². The number of hydrogen-bond acceptors (Lipinski definition) is 5. The van der Waals surface area contributed by atoms with E-state index in [1.807, 2.05) is 5.38 Å². The first-order valence-electron chi connectivity index (χ1n) is 5.82. The molecule has 0 radical (unpaired) electrons. The Kier molecular flexibility index (Phi) is 4.01. The molecule has 5 nitrogen and oxygen atoms in total. The maximum atomic E-state index is 11.9. The Morgan fingerprint density at radius 2 is 2.39 bits per heavy atom. The van der Waals surface area contributed by atoms with Crippen LogP contribution in [0.5, 0.6) is 0 Å². The monoisotopic (exact) mass is 288 g/mol. The third-order valence-corrected chi connectivity index (χ3v) is 5.78. The van der Waals surface area contributed by atoms with Gasteiger partial charge in [0.25, 0.3) is 0 Å². The van der Waals surface area contributed by atoms with E-state index < -0.39 is 9.84 Å². The number of amides is 1. The topological polar surface area (TPSA) is 67.3 Å². The minimum atomic E-state index is -2.94. The molecule has 1 aliphatic heterocycles. The predicted octanol–water partition coefficient (Wildman–Crippen LogP) is 0.721. The molecule has 2 rings (SSSR count). The van der Waals surface area contributed by atoms with Crippen LogP contribution in [0.15, 0.2) is 11.6 Å². The molecule has 0 bridgehead atoms. The van der Waals surface area contributed by atoms with Gasteiger partial charge in [-0.15, -0.1) is 11.3 Å². The van der Waals surface area contributed by atoms with Crippen molar-refractivity contribution < 1.29 is 13.2 Å². The van der Waals surface area contributed by atoms with Crippen LogP contribution in [0.1, 0.15) is 17.8 Å². The SMILES string of the molecule is CN(C(=O)CCc1nccs1)C1CCS(=O)(=O)C1.